The molecule has 0 atom stereocenters. The lowest BCUT2D eigenvalue weighted by atomic mass is 10.2. The van der Waals surface area contributed by atoms with Gasteiger partial charge in [-0.3, -0.25) is 4.79 Å². The van der Waals surface area contributed by atoms with E-state index < -0.39 is 5.97 Å². The number of nitrogens with one attached hydrogen (secondary N) is 1. The molecule has 7 heteroatoms. The molecule has 1 saturated heterocycles. The lowest BCUT2D eigenvalue weighted by Gasteiger charge is -2.14. The lowest BCUT2D eigenvalue weighted by molar-refractivity contribution is -0.133. The molecule has 1 aromatic carbocycles. The topological polar surface area (TPSA) is 83.4 Å². The number of amides is 1. The molecule has 2 rings (SSSR count). The molecule has 20 heavy (non-hydrogen) atoms. The summed E-state index contributed by atoms with van der Waals surface area (Å²) in [6, 6.07) is 9.35. The van der Waals surface area contributed by atoms with Crippen molar-refractivity contribution in [3.63, 3.8) is 0 Å². The van der Waals surface area contributed by atoms with Crippen LogP contribution < -0.4 is 5.32 Å². The highest BCUT2D eigenvalue weighted by atomic mass is 16.5. The molecule has 0 unspecified atom stereocenters. The van der Waals surface area contributed by atoms with Crippen molar-refractivity contribution in [3.05, 3.63) is 35.9 Å². The average molecular weight is 274 g/mol. The molecule has 1 aromatic rings. The van der Waals surface area contributed by atoms with Crippen LogP contribution in [0.2, 0.25) is 0 Å². The first-order valence-electron chi connectivity index (χ1n) is 5.96. The van der Waals surface area contributed by atoms with Crippen LogP contribution in [0.3, 0.4) is 0 Å². The van der Waals surface area contributed by atoms with E-state index in [1.807, 2.05) is 30.3 Å². The minimum absolute atomic E-state index is 0.00182. The number of amidine groups is 1. The van der Waals surface area contributed by atoms with E-state index in [0.29, 0.717) is 0 Å². The van der Waals surface area contributed by atoms with Gasteiger partial charge in [-0.1, -0.05) is 30.3 Å². The molecule has 0 aliphatic carbocycles. The molecular formula is C13H14N4O3. The molecule has 0 spiro atoms. The van der Waals surface area contributed by atoms with Gasteiger partial charge in [-0.25, -0.2) is 4.79 Å². The van der Waals surface area contributed by atoms with Gasteiger partial charge in [-0.15, -0.1) is 5.10 Å². The van der Waals surface area contributed by atoms with E-state index in [1.54, 1.807) is 0 Å². The fourth-order valence-corrected chi connectivity index (χ4v) is 1.63. The summed E-state index contributed by atoms with van der Waals surface area (Å²) >= 11 is 0. The zero-order valence-electron chi connectivity index (χ0n) is 10.9. The first kappa shape index (κ1) is 13.7. The van der Waals surface area contributed by atoms with Gasteiger partial charge in [0.05, 0.1) is 20.0 Å². The Morgan fingerprint density at radius 2 is 2.15 bits per heavy atom. The highest BCUT2D eigenvalue weighted by molar-refractivity contribution is 6.35. The van der Waals surface area contributed by atoms with Gasteiger partial charge in [-0.2, -0.15) is 5.10 Å². The van der Waals surface area contributed by atoms with E-state index in [4.69, 9.17) is 0 Å². The first-order valence-corrected chi connectivity index (χ1v) is 5.96. The third-order valence-electron chi connectivity index (χ3n) is 2.63. The Hall–Kier alpha value is -2.70. The van der Waals surface area contributed by atoms with Gasteiger partial charge >= 0.3 is 5.97 Å². The Labute approximate surface area is 115 Å². The van der Waals surface area contributed by atoms with Crippen LogP contribution in [0.1, 0.15) is 5.56 Å². The summed E-state index contributed by atoms with van der Waals surface area (Å²) < 4.78 is 4.64. The third-order valence-corrected chi connectivity index (χ3v) is 2.63. The minimum Gasteiger partial charge on any atom is -0.463 e. The van der Waals surface area contributed by atoms with Crippen LogP contribution in [0.4, 0.5) is 0 Å². The molecule has 0 radical (unpaired) electrons. The summed E-state index contributed by atoms with van der Waals surface area (Å²) in [5.74, 6) is -0.807. The second-order valence-corrected chi connectivity index (χ2v) is 4.03. The normalized spacial score (nSPS) is 15.6. The molecule has 0 saturated carbocycles. The molecular weight excluding hydrogens is 260 g/mol. The number of ether oxygens (including phenoxy) is 1. The first-order chi connectivity index (χ1) is 9.70. The minimum atomic E-state index is -0.633. The molecule has 104 valence electrons. The van der Waals surface area contributed by atoms with Gasteiger partial charge in [0, 0.05) is 0 Å². The SMILES string of the molecule is COC(=O)C(=NN=Cc1ccccc1)N1CNC(=O)C1. The summed E-state index contributed by atoms with van der Waals surface area (Å²) in [6.07, 6.45) is 1.52. The van der Waals surface area contributed by atoms with Crippen molar-refractivity contribution < 1.29 is 14.3 Å². The standard InChI is InChI=1S/C13H14N4O3/c1-20-13(19)12(17-8-11(18)14-9-17)16-15-7-10-5-3-2-4-6-10/h2-7H,8-9H2,1H3,(H,14,18). The fraction of sp³-hybridized carbons (Fsp3) is 0.231. The maximum Gasteiger partial charge on any atom is 0.375 e. The molecule has 7 nitrogen and oxygen atoms in total. The molecule has 1 aliphatic rings. The van der Waals surface area contributed by atoms with E-state index in [9.17, 15) is 9.59 Å². The molecule has 1 heterocycles. The largest absolute Gasteiger partial charge is 0.463 e. The number of nitrogens with zero attached hydrogens (tertiary/aromatic N) is 3. The van der Waals surface area contributed by atoms with Crippen LogP contribution in [0.15, 0.2) is 40.5 Å². The van der Waals surface area contributed by atoms with Crippen molar-refractivity contribution in [2.75, 3.05) is 20.3 Å². The van der Waals surface area contributed by atoms with Crippen molar-refractivity contribution in [2.45, 2.75) is 0 Å². The van der Waals surface area contributed by atoms with E-state index in [2.05, 4.69) is 20.3 Å². The number of methoxy groups -OCH3 is 1. The van der Waals surface area contributed by atoms with Crippen LogP contribution in [0.5, 0.6) is 0 Å². The Balaban J connectivity index is 2.14. The number of carbonyl (C=O) groups excluding carboxylic acids is 2. The monoisotopic (exact) mass is 274 g/mol. The molecule has 0 aromatic heterocycles. The number of carbonyl (C=O) groups is 2. The summed E-state index contributed by atoms with van der Waals surface area (Å²) in [5.41, 5.74) is 0.857. The van der Waals surface area contributed by atoms with Crippen molar-refractivity contribution in [3.8, 4) is 0 Å². The fourth-order valence-electron chi connectivity index (χ4n) is 1.63. The van der Waals surface area contributed by atoms with Gasteiger partial charge < -0.3 is 15.0 Å². The zero-order valence-corrected chi connectivity index (χ0v) is 10.9. The second kappa shape index (κ2) is 6.46. The van der Waals surface area contributed by atoms with Crippen LogP contribution >= 0.6 is 0 Å². The highest BCUT2D eigenvalue weighted by Crippen LogP contribution is 2.00. The molecule has 1 amide bonds. The van der Waals surface area contributed by atoms with Crippen molar-refractivity contribution in [1.82, 2.24) is 10.2 Å². The molecule has 1 fully saturated rings. The molecule has 0 bridgehead atoms. The molecule has 1 aliphatic heterocycles. The quantitative estimate of drug-likeness (QED) is 0.355. The Kier molecular flexibility index (Phi) is 4.43. The zero-order chi connectivity index (χ0) is 14.4. The van der Waals surface area contributed by atoms with Gasteiger partial charge in [0.1, 0.15) is 6.54 Å². The highest BCUT2D eigenvalue weighted by Gasteiger charge is 2.27. The third kappa shape index (κ3) is 3.41. The van der Waals surface area contributed by atoms with Crippen molar-refractivity contribution >= 4 is 23.9 Å². The predicted octanol–water partition coefficient (Wildman–Crippen LogP) is -0.0187. The van der Waals surface area contributed by atoms with Gasteiger partial charge in [-0.05, 0) is 5.56 Å². The maximum absolute atomic E-state index is 11.6. The van der Waals surface area contributed by atoms with E-state index >= 15 is 0 Å². The van der Waals surface area contributed by atoms with Crippen LogP contribution in [0.25, 0.3) is 0 Å². The van der Waals surface area contributed by atoms with Gasteiger partial charge in [0.15, 0.2) is 0 Å². The Morgan fingerprint density at radius 1 is 1.40 bits per heavy atom. The summed E-state index contributed by atoms with van der Waals surface area (Å²) in [7, 11) is 1.25. The summed E-state index contributed by atoms with van der Waals surface area (Å²) in [6.45, 7) is 0.280. The average Bonchev–Trinajstić information content (AvgIpc) is 2.90. The number of esters is 1. The smallest absolute Gasteiger partial charge is 0.375 e. The van der Waals surface area contributed by atoms with E-state index in [-0.39, 0.29) is 25.0 Å². The Morgan fingerprint density at radius 3 is 2.75 bits per heavy atom. The number of rotatable bonds is 2. The summed E-state index contributed by atoms with van der Waals surface area (Å²) in [5, 5.41) is 10.3. The summed E-state index contributed by atoms with van der Waals surface area (Å²) in [4.78, 5) is 24.3. The van der Waals surface area contributed by atoms with E-state index in [1.165, 1.54) is 18.2 Å². The lowest BCUT2D eigenvalue weighted by Crippen LogP contribution is -2.36. The number of hydrogen-bond donors (Lipinski definition) is 1. The maximum atomic E-state index is 11.6. The van der Waals surface area contributed by atoms with E-state index in [0.717, 1.165) is 5.56 Å². The van der Waals surface area contributed by atoms with Gasteiger partial charge in [0.25, 0.3) is 0 Å². The van der Waals surface area contributed by atoms with Crippen molar-refractivity contribution in [1.29, 1.82) is 0 Å². The Bertz CT molecular complexity index is 554. The number of benzene rings is 1. The molecule has 1 N–H and O–H groups in total. The van der Waals surface area contributed by atoms with Crippen LogP contribution in [-0.2, 0) is 14.3 Å². The number of hydrogen-bond acceptors (Lipinski definition) is 5. The predicted molar refractivity (Wildman–Crippen MR) is 73.2 cm³/mol. The van der Waals surface area contributed by atoms with Crippen molar-refractivity contribution in [2.24, 2.45) is 10.2 Å². The van der Waals surface area contributed by atoms with Crippen LogP contribution in [0, 0.1) is 0 Å². The van der Waals surface area contributed by atoms with Gasteiger partial charge in [0.2, 0.25) is 11.7 Å². The second-order valence-electron chi connectivity index (χ2n) is 4.03. The van der Waals surface area contributed by atoms with Crippen LogP contribution in [-0.4, -0.2) is 49.1 Å².